The Labute approximate surface area is 159 Å². The number of carbonyl (C=O) groups is 1. The van der Waals surface area contributed by atoms with Crippen LogP contribution in [-0.2, 0) is 11.0 Å². The van der Waals surface area contributed by atoms with E-state index in [4.69, 9.17) is 0 Å². The molecule has 0 radical (unpaired) electrons. The predicted molar refractivity (Wildman–Crippen MR) is 87.0 cm³/mol. The average molecular weight is 422 g/mol. The molecule has 156 valence electrons. The second-order valence-electron chi connectivity index (χ2n) is 6.61. The number of rotatable bonds is 3. The third-order valence-electron chi connectivity index (χ3n) is 4.24. The van der Waals surface area contributed by atoms with Gasteiger partial charge in [0.1, 0.15) is 6.33 Å². The summed E-state index contributed by atoms with van der Waals surface area (Å²) < 4.78 is 90.6. The number of halogens is 7. The zero-order chi connectivity index (χ0) is 21.6. The largest absolute Gasteiger partial charge is 0.426 e. The molecule has 1 aliphatic rings. The van der Waals surface area contributed by atoms with Gasteiger partial charge in [-0.15, -0.1) is 5.10 Å². The zero-order valence-electron chi connectivity index (χ0n) is 14.7. The molecular formula is C17H13F7N4O. The van der Waals surface area contributed by atoms with Gasteiger partial charge in [-0.2, -0.15) is 26.3 Å². The minimum atomic E-state index is -5.06. The lowest BCUT2D eigenvalue weighted by molar-refractivity contribution is -0.267. The topological polar surface area (TPSA) is 51.0 Å². The van der Waals surface area contributed by atoms with E-state index < -0.39 is 42.6 Å². The molecule has 1 aromatic carbocycles. The summed E-state index contributed by atoms with van der Waals surface area (Å²) in [7, 11) is 0. The third-order valence-corrected chi connectivity index (χ3v) is 4.24. The minimum Gasteiger partial charge on any atom is -0.332 e. The molecule has 1 aliphatic heterocycles. The highest BCUT2D eigenvalue weighted by Crippen LogP contribution is 2.41. The van der Waals surface area contributed by atoms with Crippen LogP contribution in [0.3, 0.4) is 0 Å². The van der Waals surface area contributed by atoms with E-state index in [1.54, 1.807) is 0 Å². The van der Waals surface area contributed by atoms with Gasteiger partial charge in [-0.25, -0.2) is 14.1 Å². The van der Waals surface area contributed by atoms with Gasteiger partial charge in [0.05, 0.1) is 18.7 Å². The number of hydrogen-bond donors (Lipinski definition) is 0. The van der Waals surface area contributed by atoms with E-state index in [-0.39, 0.29) is 11.4 Å². The van der Waals surface area contributed by atoms with Gasteiger partial charge in [-0.3, -0.25) is 4.79 Å². The van der Waals surface area contributed by atoms with Crippen molar-refractivity contribution < 1.29 is 35.5 Å². The fourth-order valence-corrected chi connectivity index (χ4v) is 2.69. The second kappa shape index (κ2) is 6.85. The maximum atomic E-state index is 13.5. The highest BCUT2D eigenvalue weighted by molar-refractivity contribution is 5.91. The summed E-state index contributed by atoms with van der Waals surface area (Å²) in [5.74, 6) is -0.908. The number of amides is 1. The lowest BCUT2D eigenvalue weighted by atomic mass is 9.95. The third kappa shape index (κ3) is 4.25. The Hall–Kier alpha value is -2.92. The van der Waals surface area contributed by atoms with Crippen LogP contribution in [0.1, 0.15) is 11.1 Å². The van der Waals surface area contributed by atoms with Crippen LogP contribution in [0.25, 0.3) is 17.6 Å². The maximum Gasteiger partial charge on any atom is 0.426 e. The highest BCUT2D eigenvalue weighted by Gasteiger charge is 2.64. The molecule has 0 spiro atoms. The van der Waals surface area contributed by atoms with Gasteiger partial charge in [0.25, 0.3) is 0 Å². The van der Waals surface area contributed by atoms with E-state index in [9.17, 15) is 35.5 Å². The molecule has 5 nitrogen and oxygen atoms in total. The molecule has 12 heteroatoms. The molecule has 0 unspecified atom stereocenters. The van der Waals surface area contributed by atoms with Gasteiger partial charge in [0, 0.05) is 17.8 Å². The number of aromatic nitrogens is 3. The van der Waals surface area contributed by atoms with Gasteiger partial charge in [0.2, 0.25) is 11.6 Å². The van der Waals surface area contributed by atoms with Crippen molar-refractivity contribution in [2.45, 2.75) is 24.9 Å². The zero-order valence-corrected chi connectivity index (χ0v) is 14.7. The van der Waals surface area contributed by atoms with Crippen LogP contribution in [-0.4, -0.2) is 50.5 Å². The fourth-order valence-electron chi connectivity index (χ4n) is 2.69. The molecule has 29 heavy (non-hydrogen) atoms. The molecule has 0 saturated carbocycles. The van der Waals surface area contributed by atoms with Crippen molar-refractivity contribution >= 4 is 12.1 Å². The number of nitrogens with zero attached hydrogens (tertiary/aromatic N) is 4. The summed E-state index contributed by atoms with van der Waals surface area (Å²) >= 11 is 0. The van der Waals surface area contributed by atoms with Crippen molar-refractivity contribution in [1.29, 1.82) is 0 Å². The molecule has 2 aromatic rings. The first-order valence-corrected chi connectivity index (χ1v) is 8.12. The molecule has 1 saturated heterocycles. The van der Waals surface area contributed by atoms with E-state index in [0.717, 1.165) is 35.4 Å². The number of hydrogen-bond acceptors (Lipinski definition) is 3. The van der Waals surface area contributed by atoms with Crippen LogP contribution < -0.4 is 0 Å². The molecule has 2 heterocycles. The Morgan fingerprint density at radius 1 is 1.14 bits per heavy atom. The first kappa shape index (κ1) is 20.8. The normalized spacial score (nSPS) is 16.9. The fraction of sp³-hybridized carbons (Fsp3) is 0.353. The summed E-state index contributed by atoms with van der Waals surface area (Å²) in [6.45, 7) is -0.731. The van der Waals surface area contributed by atoms with Gasteiger partial charge in [-0.1, -0.05) is 0 Å². The van der Waals surface area contributed by atoms with E-state index in [2.05, 4.69) is 10.1 Å². The molecule has 3 rings (SSSR count). The molecule has 1 fully saturated rings. The standard InChI is InChI=1S/C17H13F7N4O/c1-10-4-11(6-12(5-10)16(19,20)21)14-25-9-28(26-14)3-2-13(29)27-7-15(18,8-27)17(22,23)24/h2-6,9H,7-8H2,1H3/b3-2-. The van der Waals surface area contributed by atoms with Crippen LogP contribution in [0.4, 0.5) is 30.7 Å². The Morgan fingerprint density at radius 2 is 1.79 bits per heavy atom. The van der Waals surface area contributed by atoms with Crippen molar-refractivity contribution in [2.24, 2.45) is 0 Å². The predicted octanol–water partition coefficient (Wildman–Crippen LogP) is 3.86. The summed E-state index contributed by atoms with van der Waals surface area (Å²) in [6, 6.07) is 3.29. The van der Waals surface area contributed by atoms with Crippen molar-refractivity contribution in [2.75, 3.05) is 13.1 Å². The van der Waals surface area contributed by atoms with Gasteiger partial charge in [-0.05, 0) is 30.7 Å². The lowest BCUT2D eigenvalue weighted by Gasteiger charge is -2.44. The SMILES string of the molecule is Cc1cc(-c2ncn(/C=C\C(=O)N3CC(F)(C(F)(F)F)C3)n2)cc(C(F)(F)F)c1. The van der Waals surface area contributed by atoms with Crippen molar-refractivity contribution in [3.63, 3.8) is 0 Å². The van der Waals surface area contributed by atoms with E-state index in [0.29, 0.717) is 10.5 Å². The molecule has 0 bridgehead atoms. The number of benzene rings is 1. The Kier molecular flexibility index (Phi) is 4.91. The lowest BCUT2D eigenvalue weighted by Crippen LogP contribution is -2.67. The summed E-state index contributed by atoms with van der Waals surface area (Å²) in [4.78, 5) is 16.3. The van der Waals surface area contributed by atoms with Crippen molar-refractivity contribution in [1.82, 2.24) is 19.7 Å². The minimum absolute atomic E-state index is 0.0416. The Bertz CT molecular complexity index is 955. The molecular weight excluding hydrogens is 409 g/mol. The summed E-state index contributed by atoms with van der Waals surface area (Å²) in [6.07, 6.45) is -6.57. The first-order valence-electron chi connectivity index (χ1n) is 8.12. The molecule has 1 aromatic heterocycles. The maximum absolute atomic E-state index is 13.5. The van der Waals surface area contributed by atoms with Crippen LogP contribution >= 0.6 is 0 Å². The second-order valence-corrected chi connectivity index (χ2v) is 6.61. The van der Waals surface area contributed by atoms with Gasteiger partial charge in [0.15, 0.2) is 5.82 Å². The van der Waals surface area contributed by atoms with E-state index >= 15 is 0 Å². The Balaban J connectivity index is 1.70. The summed E-state index contributed by atoms with van der Waals surface area (Å²) in [5.41, 5.74) is -3.84. The average Bonchev–Trinajstić information content (AvgIpc) is 3.03. The van der Waals surface area contributed by atoms with Gasteiger partial charge < -0.3 is 4.90 Å². The number of alkyl halides is 7. The van der Waals surface area contributed by atoms with E-state index in [1.807, 2.05) is 0 Å². The monoisotopic (exact) mass is 422 g/mol. The van der Waals surface area contributed by atoms with Crippen LogP contribution in [0, 0.1) is 6.92 Å². The number of carbonyl (C=O) groups excluding carboxylic acids is 1. The quantitative estimate of drug-likeness (QED) is 0.558. The van der Waals surface area contributed by atoms with Crippen molar-refractivity contribution in [3.8, 4) is 11.4 Å². The smallest absolute Gasteiger partial charge is 0.332 e. The van der Waals surface area contributed by atoms with Crippen LogP contribution in [0.2, 0.25) is 0 Å². The summed E-state index contributed by atoms with van der Waals surface area (Å²) in [5, 5.41) is 3.91. The molecule has 0 N–H and O–H groups in total. The molecule has 0 aliphatic carbocycles. The molecule has 0 atom stereocenters. The van der Waals surface area contributed by atoms with Gasteiger partial charge >= 0.3 is 12.4 Å². The Morgan fingerprint density at radius 3 is 2.38 bits per heavy atom. The van der Waals surface area contributed by atoms with Crippen molar-refractivity contribution in [3.05, 3.63) is 41.7 Å². The highest BCUT2D eigenvalue weighted by atomic mass is 19.4. The molecule has 1 amide bonds. The first-order chi connectivity index (χ1) is 13.3. The number of aryl methyl sites for hydroxylation is 1. The van der Waals surface area contributed by atoms with E-state index in [1.165, 1.54) is 13.0 Å². The number of likely N-dealkylation sites (tertiary alicyclic amines) is 1. The van der Waals surface area contributed by atoms with Crippen LogP contribution in [0.5, 0.6) is 0 Å². The van der Waals surface area contributed by atoms with Crippen LogP contribution in [0.15, 0.2) is 30.6 Å².